The van der Waals surface area contributed by atoms with Gasteiger partial charge >= 0.3 is 11.9 Å². The summed E-state index contributed by atoms with van der Waals surface area (Å²) in [4.78, 5) is 23.7. The van der Waals surface area contributed by atoms with E-state index in [1.807, 2.05) is 6.08 Å². The molecule has 0 bridgehead atoms. The fourth-order valence-corrected chi connectivity index (χ4v) is 6.98. The minimum atomic E-state index is -0.469. The number of carbonyl (C=O) groups excluding carboxylic acids is 2. The van der Waals surface area contributed by atoms with Crippen molar-refractivity contribution < 1.29 is 28.9 Å². The molecule has 0 aromatic rings. The van der Waals surface area contributed by atoms with E-state index in [1.54, 1.807) is 0 Å². The number of carbonyl (C=O) groups is 2. The maximum Gasteiger partial charge on any atom is 0.336 e. The van der Waals surface area contributed by atoms with E-state index in [-0.39, 0.29) is 53.6 Å². The first-order valence-corrected chi connectivity index (χ1v) is 10.5. The van der Waals surface area contributed by atoms with Crippen LogP contribution < -0.4 is 0 Å². The molecule has 2 aliphatic heterocycles. The van der Waals surface area contributed by atoms with Gasteiger partial charge in [0.2, 0.25) is 0 Å². The highest BCUT2D eigenvalue weighted by molar-refractivity contribution is 5.91. The Balaban J connectivity index is 1.64. The predicted molar refractivity (Wildman–Crippen MR) is 101 cm³/mol. The van der Waals surface area contributed by atoms with E-state index in [4.69, 9.17) is 14.2 Å². The molecule has 6 nitrogen and oxygen atoms in total. The van der Waals surface area contributed by atoms with Gasteiger partial charge in [0.15, 0.2) is 0 Å². The van der Waals surface area contributed by atoms with Crippen LogP contribution >= 0.6 is 0 Å². The first-order valence-electron chi connectivity index (χ1n) is 10.5. The van der Waals surface area contributed by atoms with E-state index in [9.17, 15) is 14.7 Å². The minimum absolute atomic E-state index is 0.00357. The highest BCUT2D eigenvalue weighted by Crippen LogP contribution is 2.66. The van der Waals surface area contributed by atoms with Crippen molar-refractivity contribution in [3.63, 3.8) is 0 Å². The molecule has 28 heavy (non-hydrogen) atoms. The first kappa shape index (κ1) is 19.9. The van der Waals surface area contributed by atoms with Crippen LogP contribution in [-0.4, -0.2) is 48.1 Å². The Morgan fingerprint density at radius 1 is 1.25 bits per heavy atom. The van der Waals surface area contributed by atoms with Gasteiger partial charge in [-0.05, 0) is 62.4 Å². The second-order valence-corrected chi connectivity index (χ2v) is 9.86. The van der Waals surface area contributed by atoms with Gasteiger partial charge in [-0.1, -0.05) is 13.8 Å². The van der Waals surface area contributed by atoms with E-state index in [0.717, 1.165) is 32.1 Å². The van der Waals surface area contributed by atoms with E-state index >= 15 is 0 Å². The van der Waals surface area contributed by atoms with E-state index in [0.29, 0.717) is 12.2 Å². The summed E-state index contributed by atoms with van der Waals surface area (Å²) in [6.45, 7) is 8.32. The number of esters is 2. The zero-order valence-corrected chi connectivity index (χ0v) is 17.3. The Bertz CT molecular complexity index is 716. The molecule has 6 heteroatoms. The SMILES string of the molecule is CC(=O)O[C@@H]1CC[C@]2(C)[C@H](CC[C@@]3(C)OC(C4=CCOC4=O)C[C@@H]23)[C@]1(C)CO. The number of aliphatic hydroxyl groups is 1. The minimum Gasteiger partial charge on any atom is -0.462 e. The summed E-state index contributed by atoms with van der Waals surface area (Å²) in [5, 5.41) is 10.4. The van der Waals surface area contributed by atoms with Gasteiger partial charge in [0.25, 0.3) is 0 Å². The Labute approximate surface area is 166 Å². The first-order chi connectivity index (χ1) is 13.1. The van der Waals surface area contributed by atoms with Gasteiger partial charge in [-0.15, -0.1) is 0 Å². The molecule has 0 radical (unpaired) electrons. The van der Waals surface area contributed by atoms with Crippen LogP contribution in [-0.2, 0) is 23.8 Å². The van der Waals surface area contributed by atoms with Crippen LogP contribution in [0.25, 0.3) is 0 Å². The molecule has 0 aromatic carbocycles. The van der Waals surface area contributed by atoms with Gasteiger partial charge < -0.3 is 19.3 Å². The third kappa shape index (κ3) is 2.75. The molecule has 4 aliphatic rings. The highest BCUT2D eigenvalue weighted by Gasteiger charge is 2.65. The molecule has 0 aromatic heterocycles. The van der Waals surface area contributed by atoms with Crippen LogP contribution in [0.1, 0.15) is 59.8 Å². The average molecular weight is 392 g/mol. The molecular weight excluding hydrogens is 360 g/mol. The van der Waals surface area contributed by atoms with Crippen molar-refractivity contribution in [3.8, 4) is 0 Å². The lowest BCUT2D eigenvalue weighted by Crippen LogP contribution is -2.61. The third-order valence-electron chi connectivity index (χ3n) is 8.35. The standard InChI is InChI=1S/C22H32O6/c1-13(24)27-18-6-8-20(2)16(21(18,3)12-23)5-9-22(4)17(20)11-15(28-22)14-7-10-26-19(14)25/h7,15-18,23H,5-6,8-12H2,1-4H3/t15?,16-,17-,18+,20+,21-,22+/m0/s1. The third-order valence-corrected chi connectivity index (χ3v) is 8.35. The number of cyclic esters (lactones) is 1. The molecule has 0 spiro atoms. The molecule has 2 aliphatic carbocycles. The quantitative estimate of drug-likeness (QED) is 0.744. The Hall–Kier alpha value is -1.40. The molecule has 3 fully saturated rings. The largest absolute Gasteiger partial charge is 0.462 e. The molecule has 1 N–H and O–H groups in total. The number of hydrogen-bond donors (Lipinski definition) is 1. The van der Waals surface area contributed by atoms with E-state index in [2.05, 4.69) is 20.8 Å². The maximum absolute atomic E-state index is 12.1. The lowest BCUT2D eigenvalue weighted by Gasteiger charge is -2.62. The summed E-state index contributed by atoms with van der Waals surface area (Å²) >= 11 is 0. The molecule has 2 saturated carbocycles. The van der Waals surface area contributed by atoms with Crippen molar-refractivity contribution >= 4 is 11.9 Å². The summed E-state index contributed by atoms with van der Waals surface area (Å²) in [7, 11) is 0. The summed E-state index contributed by atoms with van der Waals surface area (Å²) in [6.07, 6.45) is 5.62. The summed E-state index contributed by atoms with van der Waals surface area (Å²) in [6, 6.07) is 0. The number of fused-ring (bicyclic) bond motifs is 3. The molecule has 1 saturated heterocycles. The fraction of sp³-hybridized carbons (Fsp3) is 0.818. The highest BCUT2D eigenvalue weighted by atomic mass is 16.6. The van der Waals surface area contributed by atoms with Crippen molar-refractivity contribution in [2.75, 3.05) is 13.2 Å². The smallest absolute Gasteiger partial charge is 0.336 e. The van der Waals surface area contributed by atoms with Crippen molar-refractivity contribution in [3.05, 3.63) is 11.6 Å². The second-order valence-electron chi connectivity index (χ2n) is 9.86. The van der Waals surface area contributed by atoms with Crippen molar-refractivity contribution in [2.45, 2.75) is 77.6 Å². The topological polar surface area (TPSA) is 82.1 Å². The van der Waals surface area contributed by atoms with E-state index < -0.39 is 5.41 Å². The van der Waals surface area contributed by atoms with Crippen molar-refractivity contribution in [1.82, 2.24) is 0 Å². The molecule has 7 atom stereocenters. The average Bonchev–Trinajstić information content (AvgIpc) is 3.21. The van der Waals surface area contributed by atoms with Crippen LogP contribution in [0.15, 0.2) is 11.6 Å². The monoisotopic (exact) mass is 392 g/mol. The van der Waals surface area contributed by atoms with Crippen LogP contribution in [0.3, 0.4) is 0 Å². The summed E-state index contributed by atoms with van der Waals surface area (Å²) in [5.41, 5.74) is -0.137. The molecule has 156 valence electrons. The van der Waals surface area contributed by atoms with Gasteiger partial charge in [-0.25, -0.2) is 4.79 Å². The zero-order chi connectivity index (χ0) is 20.3. The van der Waals surface area contributed by atoms with Gasteiger partial charge in [0.05, 0.1) is 23.9 Å². The normalized spacial score (nSPS) is 47.8. The number of ether oxygens (including phenoxy) is 3. The predicted octanol–water partition coefficient (Wildman–Crippen LogP) is 2.77. The van der Waals surface area contributed by atoms with Crippen molar-refractivity contribution in [2.24, 2.45) is 22.7 Å². The number of aliphatic hydroxyl groups excluding tert-OH is 1. The van der Waals surface area contributed by atoms with Crippen LogP contribution in [0.2, 0.25) is 0 Å². The summed E-state index contributed by atoms with van der Waals surface area (Å²) < 4.78 is 17.2. The number of rotatable bonds is 3. The molecule has 2 heterocycles. The molecule has 1 unspecified atom stereocenters. The van der Waals surface area contributed by atoms with Gasteiger partial charge in [-0.2, -0.15) is 0 Å². The van der Waals surface area contributed by atoms with Crippen molar-refractivity contribution in [1.29, 1.82) is 0 Å². The van der Waals surface area contributed by atoms with Crippen LogP contribution in [0, 0.1) is 22.7 Å². The molecular formula is C22H32O6. The lowest BCUT2D eigenvalue weighted by molar-refractivity contribution is -0.209. The van der Waals surface area contributed by atoms with Gasteiger partial charge in [-0.3, -0.25) is 4.79 Å². The van der Waals surface area contributed by atoms with E-state index in [1.165, 1.54) is 6.92 Å². The van der Waals surface area contributed by atoms with Crippen LogP contribution in [0.4, 0.5) is 0 Å². The molecule has 0 amide bonds. The van der Waals surface area contributed by atoms with Crippen LogP contribution in [0.5, 0.6) is 0 Å². The maximum atomic E-state index is 12.1. The summed E-state index contributed by atoms with van der Waals surface area (Å²) in [5.74, 6) is -0.0344. The Morgan fingerprint density at radius 2 is 2.00 bits per heavy atom. The zero-order valence-electron chi connectivity index (χ0n) is 17.3. The Morgan fingerprint density at radius 3 is 2.61 bits per heavy atom. The lowest BCUT2D eigenvalue weighted by atomic mass is 9.44. The van der Waals surface area contributed by atoms with Gasteiger partial charge in [0, 0.05) is 12.3 Å². The molecule has 4 rings (SSSR count). The second kappa shape index (κ2) is 6.56. The Kier molecular flexibility index (Phi) is 4.66. The number of hydrogen-bond acceptors (Lipinski definition) is 6. The fourth-order valence-electron chi connectivity index (χ4n) is 6.98. The van der Waals surface area contributed by atoms with Gasteiger partial charge in [0.1, 0.15) is 12.7 Å².